The maximum atomic E-state index is 13.5. The van der Waals surface area contributed by atoms with Crippen LogP contribution in [0.3, 0.4) is 0 Å². The first kappa shape index (κ1) is 22.6. The SMILES string of the molecule is Cc1ccc(NC(=O)N(C)C(C)c2nc3cc(Cl)ccc3c(=O)n2-c2ccc(C)cc2)cc1. The summed E-state index contributed by atoms with van der Waals surface area (Å²) in [6.07, 6.45) is 0. The van der Waals surface area contributed by atoms with Crippen molar-refractivity contribution in [2.24, 2.45) is 0 Å². The van der Waals surface area contributed by atoms with E-state index in [9.17, 15) is 9.59 Å². The van der Waals surface area contributed by atoms with Crippen molar-refractivity contribution in [3.63, 3.8) is 0 Å². The molecule has 0 aliphatic heterocycles. The zero-order valence-corrected chi connectivity index (χ0v) is 19.7. The van der Waals surface area contributed by atoms with Crippen molar-refractivity contribution in [1.82, 2.24) is 14.5 Å². The Hall–Kier alpha value is -3.64. The molecule has 0 saturated heterocycles. The number of carbonyl (C=O) groups is 1. The highest BCUT2D eigenvalue weighted by molar-refractivity contribution is 6.31. The highest BCUT2D eigenvalue weighted by atomic mass is 35.5. The number of fused-ring (bicyclic) bond motifs is 1. The van der Waals surface area contributed by atoms with Crippen molar-refractivity contribution >= 4 is 34.2 Å². The third-order valence-electron chi connectivity index (χ3n) is 5.73. The van der Waals surface area contributed by atoms with E-state index in [0.29, 0.717) is 33.1 Å². The van der Waals surface area contributed by atoms with E-state index in [2.05, 4.69) is 5.32 Å². The fraction of sp³-hybridized carbons (Fsp3) is 0.192. The van der Waals surface area contributed by atoms with Gasteiger partial charge in [0.2, 0.25) is 0 Å². The molecule has 0 spiro atoms. The van der Waals surface area contributed by atoms with Gasteiger partial charge in [0.1, 0.15) is 5.82 Å². The van der Waals surface area contributed by atoms with E-state index >= 15 is 0 Å². The van der Waals surface area contributed by atoms with E-state index < -0.39 is 6.04 Å². The summed E-state index contributed by atoms with van der Waals surface area (Å²) < 4.78 is 1.57. The molecule has 1 unspecified atom stereocenters. The first-order valence-corrected chi connectivity index (χ1v) is 11.0. The molecule has 3 aromatic carbocycles. The monoisotopic (exact) mass is 460 g/mol. The zero-order chi connectivity index (χ0) is 23.7. The average molecular weight is 461 g/mol. The smallest absolute Gasteiger partial charge is 0.318 e. The van der Waals surface area contributed by atoms with Crippen LogP contribution in [0, 0.1) is 13.8 Å². The predicted molar refractivity (Wildman–Crippen MR) is 133 cm³/mol. The molecule has 0 fully saturated rings. The van der Waals surface area contributed by atoms with Crippen molar-refractivity contribution in [2.75, 3.05) is 12.4 Å². The molecule has 1 aromatic heterocycles. The van der Waals surface area contributed by atoms with Crippen molar-refractivity contribution in [2.45, 2.75) is 26.8 Å². The largest absolute Gasteiger partial charge is 0.322 e. The number of anilines is 1. The van der Waals surface area contributed by atoms with Gasteiger partial charge in [-0.2, -0.15) is 0 Å². The Morgan fingerprint density at radius 2 is 1.61 bits per heavy atom. The number of nitrogens with zero attached hydrogens (tertiary/aromatic N) is 3. The van der Waals surface area contributed by atoms with E-state index in [0.717, 1.165) is 11.1 Å². The van der Waals surface area contributed by atoms with Crippen molar-refractivity contribution in [3.8, 4) is 5.69 Å². The first-order chi connectivity index (χ1) is 15.7. The van der Waals surface area contributed by atoms with Gasteiger partial charge >= 0.3 is 6.03 Å². The van der Waals surface area contributed by atoms with Crippen molar-refractivity contribution in [3.05, 3.63) is 99.1 Å². The molecule has 1 heterocycles. The molecule has 4 rings (SSSR count). The molecule has 1 atom stereocenters. The molecule has 0 saturated carbocycles. The highest BCUT2D eigenvalue weighted by Gasteiger charge is 2.24. The third kappa shape index (κ3) is 4.61. The van der Waals surface area contributed by atoms with E-state index in [1.807, 2.05) is 69.3 Å². The lowest BCUT2D eigenvalue weighted by Gasteiger charge is -2.27. The van der Waals surface area contributed by atoms with Gasteiger partial charge in [0.05, 0.1) is 22.6 Å². The molecule has 168 valence electrons. The second kappa shape index (κ2) is 9.08. The molecule has 4 aromatic rings. The number of hydrogen-bond acceptors (Lipinski definition) is 3. The number of halogens is 1. The summed E-state index contributed by atoms with van der Waals surface area (Å²) in [6.45, 7) is 5.82. The Labute approximate surface area is 197 Å². The fourth-order valence-electron chi connectivity index (χ4n) is 3.60. The summed E-state index contributed by atoms with van der Waals surface area (Å²) in [6, 6.07) is 19.4. The van der Waals surface area contributed by atoms with E-state index in [1.54, 1.807) is 29.8 Å². The van der Waals surface area contributed by atoms with Gasteiger partial charge < -0.3 is 10.2 Å². The number of benzene rings is 3. The van der Waals surface area contributed by atoms with Gasteiger partial charge in [0, 0.05) is 17.8 Å². The van der Waals surface area contributed by atoms with Crippen LogP contribution in [0.1, 0.15) is 29.9 Å². The summed E-state index contributed by atoms with van der Waals surface area (Å²) in [4.78, 5) is 32.8. The first-order valence-electron chi connectivity index (χ1n) is 10.6. The summed E-state index contributed by atoms with van der Waals surface area (Å²) in [5.74, 6) is 0.445. The van der Waals surface area contributed by atoms with Gasteiger partial charge in [-0.25, -0.2) is 9.78 Å². The van der Waals surface area contributed by atoms with Crippen LogP contribution in [0.2, 0.25) is 5.02 Å². The molecular weight excluding hydrogens is 436 g/mol. The minimum Gasteiger partial charge on any atom is -0.318 e. The van der Waals surface area contributed by atoms with Crippen LogP contribution >= 0.6 is 11.6 Å². The van der Waals surface area contributed by atoms with Gasteiger partial charge in [-0.15, -0.1) is 0 Å². The van der Waals surface area contributed by atoms with E-state index in [-0.39, 0.29) is 11.6 Å². The Balaban J connectivity index is 1.79. The number of carbonyl (C=O) groups excluding carboxylic acids is 1. The Kier molecular flexibility index (Phi) is 6.20. The lowest BCUT2D eigenvalue weighted by Crippen LogP contribution is -2.37. The van der Waals surface area contributed by atoms with Crippen LogP contribution in [-0.2, 0) is 0 Å². The van der Waals surface area contributed by atoms with E-state index in [1.165, 1.54) is 4.90 Å². The van der Waals surface area contributed by atoms with Gasteiger partial charge in [0.15, 0.2) is 0 Å². The Morgan fingerprint density at radius 3 is 2.24 bits per heavy atom. The van der Waals surface area contributed by atoms with Crippen LogP contribution in [0.15, 0.2) is 71.5 Å². The standard InChI is InChI=1S/C26H25ClN4O2/c1-16-5-10-20(11-6-16)28-26(33)30(4)18(3)24-29-23-15-19(27)9-14-22(23)25(32)31(24)21-12-7-17(2)8-13-21/h5-15,18H,1-4H3,(H,28,33). The molecule has 0 bridgehead atoms. The second-order valence-corrected chi connectivity index (χ2v) is 8.63. The third-order valence-corrected chi connectivity index (χ3v) is 5.96. The molecule has 0 aliphatic rings. The quantitative estimate of drug-likeness (QED) is 0.413. The highest BCUT2D eigenvalue weighted by Crippen LogP contribution is 2.24. The Bertz CT molecular complexity index is 1380. The van der Waals surface area contributed by atoms with Gasteiger partial charge in [-0.3, -0.25) is 9.36 Å². The summed E-state index contributed by atoms with van der Waals surface area (Å²) in [5.41, 5.74) is 3.84. The predicted octanol–water partition coefficient (Wildman–Crippen LogP) is 5.88. The second-order valence-electron chi connectivity index (χ2n) is 8.19. The maximum Gasteiger partial charge on any atom is 0.322 e. The molecule has 1 N–H and O–H groups in total. The molecule has 2 amide bonds. The summed E-state index contributed by atoms with van der Waals surface area (Å²) in [5, 5.41) is 3.85. The fourth-order valence-corrected chi connectivity index (χ4v) is 3.76. The normalized spacial score (nSPS) is 11.9. The number of nitrogens with one attached hydrogen (secondary N) is 1. The number of hydrogen-bond donors (Lipinski definition) is 1. The number of amides is 2. The number of rotatable bonds is 4. The van der Waals surface area contributed by atoms with Gasteiger partial charge in [0.25, 0.3) is 5.56 Å². The number of urea groups is 1. The van der Waals surface area contributed by atoms with Crippen molar-refractivity contribution in [1.29, 1.82) is 0 Å². The minimum absolute atomic E-state index is 0.213. The lowest BCUT2D eigenvalue weighted by molar-refractivity contribution is 0.205. The van der Waals surface area contributed by atoms with Crippen molar-refractivity contribution < 1.29 is 4.79 Å². The van der Waals surface area contributed by atoms with Crippen LogP contribution in [0.25, 0.3) is 16.6 Å². The summed E-state index contributed by atoms with van der Waals surface area (Å²) >= 11 is 6.17. The summed E-state index contributed by atoms with van der Waals surface area (Å²) in [7, 11) is 1.68. The van der Waals surface area contributed by atoms with Crippen LogP contribution in [0.4, 0.5) is 10.5 Å². The van der Waals surface area contributed by atoms with Crippen LogP contribution in [0.5, 0.6) is 0 Å². The molecule has 7 heteroatoms. The number of aryl methyl sites for hydroxylation is 2. The molecule has 0 aliphatic carbocycles. The topological polar surface area (TPSA) is 67.2 Å². The average Bonchev–Trinajstić information content (AvgIpc) is 2.80. The van der Waals surface area contributed by atoms with Gasteiger partial charge in [-0.05, 0) is 63.2 Å². The minimum atomic E-state index is -0.507. The molecule has 33 heavy (non-hydrogen) atoms. The van der Waals surface area contributed by atoms with Crippen LogP contribution in [-0.4, -0.2) is 27.5 Å². The van der Waals surface area contributed by atoms with Crippen LogP contribution < -0.4 is 10.9 Å². The number of aromatic nitrogens is 2. The van der Waals surface area contributed by atoms with Gasteiger partial charge in [-0.1, -0.05) is 47.0 Å². The molecular formula is C26H25ClN4O2. The maximum absolute atomic E-state index is 13.5. The Morgan fingerprint density at radius 1 is 1.00 bits per heavy atom. The lowest BCUT2D eigenvalue weighted by atomic mass is 10.1. The van der Waals surface area contributed by atoms with E-state index in [4.69, 9.17) is 16.6 Å². The molecule has 0 radical (unpaired) electrons. The zero-order valence-electron chi connectivity index (χ0n) is 19.0. The molecule has 6 nitrogen and oxygen atoms in total.